The summed E-state index contributed by atoms with van der Waals surface area (Å²) in [5, 5.41) is 3.90. The Kier molecular flexibility index (Phi) is 3.91. The molecular formula is C13H13F4N3O. The fraction of sp³-hybridized carbons (Fsp3) is 0.308. The Morgan fingerprint density at radius 1 is 1.33 bits per heavy atom. The van der Waals surface area contributed by atoms with E-state index < -0.39 is 23.6 Å². The van der Waals surface area contributed by atoms with Gasteiger partial charge in [-0.1, -0.05) is 0 Å². The molecule has 0 amide bonds. The van der Waals surface area contributed by atoms with Crippen LogP contribution in [0.3, 0.4) is 0 Å². The fourth-order valence-corrected chi connectivity index (χ4v) is 2.04. The summed E-state index contributed by atoms with van der Waals surface area (Å²) in [6.07, 6.45) is -3.21. The average molecular weight is 303 g/mol. The molecule has 2 aromatic rings. The number of nitrogens with two attached hydrogens (primary N) is 1. The van der Waals surface area contributed by atoms with Crippen LogP contribution in [0.25, 0.3) is 0 Å². The minimum Gasteiger partial charge on any atom is -0.493 e. The van der Waals surface area contributed by atoms with Gasteiger partial charge in [-0.3, -0.25) is 4.68 Å². The lowest BCUT2D eigenvalue weighted by molar-refractivity contribution is -0.137. The zero-order valence-corrected chi connectivity index (χ0v) is 11.3. The van der Waals surface area contributed by atoms with Gasteiger partial charge in [0.05, 0.1) is 24.9 Å². The number of methoxy groups -OCH3 is 1. The molecule has 0 aliphatic rings. The first kappa shape index (κ1) is 15.3. The lowest BCUT2D eigenvalue weighted by atomic mass is 10.0. The second kappa shape index (κ2) is 5.36. The summed E-state index contributed by atoms with van der Waals surface area (Å²) in [5.41, 5.74) is 4.96. The van der Waals surface area contributed by atoms with Gasteiger partial charge in [0.15, 0.2) is 5.75 Å². The van der Waals surface area contributed by atoms with Crippen LogP contribution >= 0.6 is 0 Å². The summed E-state index contributed by atoms with van der Waals surface area (Å²) in [5.74, 6) is -0.541. The first-order chi connectivity index (χ1) is 9.75. The van der Waals surface area contributed by atoms with Gasteiger partial charge in [0.2, 0.25) is 0 Å². The van der Waals surface area contributed by atoms with Gasteiger partial charge in [-0.25, -0.2) is 4.39 Å². The van der Waals surface area contributed by atoms with Gasteiger partial charge in [-0.15, -0.1) is 0 Å². The normalized spacial score (nSPS) is 13.3. The first-order valence-electron chi connectivity index (χ1n) is 5.93. The Bertz CT molecular complexity index is 651. The highest BCUT2D eigenvalue weighted by Gasteiger charge is 2.32. The maximum atomic E-state index is 13.8. The smallest absolute Gasteiger partial charge is 0.416 e. The number of alkyl halides is 3. The van der Waals surface area contributed by atoms with Crippen LogP contribution < -0.4 is 10.5 Å². The van der Waals surface area contributed by atoms with Crippen molar-refractivity contribution in [1.82, 2.24) is 9.78 Å². The molecule has 0 saturated heterocycles. The second-order valence-corrected chi connectivity index (χ2v) is 4.43. The van der Waals surface area contributed by atoms with Crippen LogP contribution in [0, 0.1) is 5.82 Å². The lowest BCUT2D eigenvalue weighted by Crippen LogP contribution is -2.19. The Morgan fingerprint density at radius 2 is 2.00 bits per heavy atom. The summed E-state index contributed by atoms with van der Waals surface area (Å²) >= 11 is 0. The minimum atomic E-state index is -4.57. The maximum Gasteiger partial charge on any atom is 0.416 e. The number of nitrogens with zero attached hydrogens (tertiary/aromatic N) is 2. The molecule has 0 aliphatic carbocycles. The molecule has 2 rings (SSSR count). The van der Waals surface area contributed by atoms with E-state index >= 15 is 0 Å². The molecule has 1 atom stereocenters. The third-order valence-electron chi connectivity index (χ3n) is 3.12. The fourth-order valence-electron chi connectivity index (χ4n) is 2.04. The number of ether oxygens (including phenoxy) is 1. The number of benzene rings is 1. The largest absolute Gasteiger partial charge is 0.493 e. The summed E-state index contributed by atoms with van der Waals surface area (Å²) in [4.78, 5) is 0. The maximum absolute atomic E-state index is 13.8. The first-order valence-corrected chi connectivity index (χ1v) is 5.93. The molecule has 0 saturated carbocycles. The summed E-state index contributed by atoms with van der Waals surface area (Å²) in [7, 11) is 2.92. The molecule has 8 heteroatoms. The molecule has 2 N–H and O–H groups in total. The molecule has 4 nitrogen and oxygen atoms in total. The van der Waals surface area contributed by atoms with Crippen molar-refractivity contribution in [3.8, 4) is 5.75 Å². The van der Waals surface area contributed by atoms with E-state index in [-0.39, 0.29) is 17.0 Å². The Hall–Kier alpha value is -2.09. The van der Waals surface area contributed by atoms with E-state index in [4.69, 9.17) is 10.5 Å². The topological polar surface area (TPSA) is 53.1 Å². The van der Waals surface area contributed by atoms with E-state index in [0.717, 1.165) is 6.07 Å². The summed E-state index contributed by atoms with van der Waals surface area (Å²) < 4.78 is 58.4. The molecule has 21 heavy (non-hydrogen) atoms. The molecule has 1 unspecified atom stereocenters. The second-order valence-electron chi connectivity index (χ2n) is 4.43. The molecule has 1 aromatic carbocycles. The zero-order chi connectivity index (χ0) is 15.8. The number of hydrogen-bond acceptors (Lipinski definition) is 3. The minimum absolute atomic E-state index is 0.272. The van der Waals surface area contributed by atoms with Crippen molar-refractivity contribution in [2.24, 2.45) is 12.8 Å². The molecule has 0 fully saturated rings. The molecule has 0 spiro atoms. The van der Waals surface area contributed by atoms with Crippen molar-refractivity contribution >= 4 is 0 Å². The lowest BCUT2D eigenvalue weighted by Gasteiger charge is -2.17. The van der Waals surface area contributed by atoms with Crippen LogP contribution in [0.15, 0.2) is 24.4 Å². The van der Waals surface area contributed by atoms with Crippen molar-refractivity contribution < 1.29 is 22.3 Å². The summed E-state index contributed by atoms with van der Waals surface area (Å²) in [6, 6.07) is 0.994. The van der Waals surface area contributed by atoms with Crippen molar-refractivity contribution in [2.45, 2.75) is 12.2 Å². The number of aryl methyl sites for hydroxylation is 1. The van der Waals surface area contributed by atoms with Crippen molar-refractivity contribution in [3.05, 3.63) is 47.0 Å². The molecule has 114 valence electrons. The van der Waals surface area contributed by atoms with Gasteiger partial charge < -0.3 is 10.5 Å². The third kappa shape index (κ3) is 2.85. The highest BCUT2D eigenvalue weighted by molar-refractivity contribution is 5.38. The van der Waals surface area contributed by atoms with E-state index in [2.05, 4.69) is 5.10 Å². The van der Waals surface area contributed by atoms with Gasteiger partial charge >= 0.3 is 6.18 Å². The van der Waals surface area contributed by atoms with E-state index in [0.29, 0.717) is 12.1 Å². The van der Waals surface area contributed by atoms with Crippen LogP contribution in [0.1, 0.15) is 22.9 Å². The average Bonchev–Trinajstić information content (AvgIpc) is 2.78. The van der Waals surface area contributed by atoms with Crippen molar-refractivity contribution in [1.29, 1.82) is 0 Å². The number of halogens is 4. The SMILES string of the molecule is COc1cnn(C)c1C(N)c1cc(C(F)(F)F)ccc1F. The van der Waals surface area contributed by atoms with Gasteiger partial charge in [0.25, 0.3) is 0 Å². The Morgan fingerprint density at radius 3 is 2.57 bits per heavy atom. The monoisotopic (exact) mass is 303 g/mol. The van der Waals surface area contributed by atoms with Gasteiger partial charge in [-0.2, -0.15) is 18.3 Å². The Balaban J connectivity index is 2.52. The van der Waals surface area contributed by atoms with E-state index in [9.17, 15) is 17.6 Å². The molecule has 0 radical (unpaired) electrons. The predicted molar refractivity (Wildman–Crippen MR) is 67.2 cm³/mol. The molecule has 0 bridgehead atoms. The highest BCUT2D eigenvalue weighted by Crippen LogP contribution is 2.34. The van der Waals surface area contributed by atoms with Crippen LogP contribution in [0.5, 0.6) is 5.75 Å². The molecule has 0 aliphatic heterocycles. The number of hydrogen-bond donors (Lipinski definition) is 1. The van der Waals surface area contributed by atoms with Crippen molar-refractivity contribution in [2.75, 3.05) is 7.11 Å². The van der Waals surface area contributed by atoms with Crippen molar-refractivity contribution in [3.63, 3.8) is 0 Å². The van der Waals surface area contributed by atoms with E-state index in [1.54, 1.807) is 7.05 Å². The van der Waals surface area contributed by atoms with Crippen LogP contribution in [0.4, 0.5) is 17.6 Å². The van der Waals surface area contributed by atoms with Crippen LogP contribution in [-0.2, 0) is 13.2 Å². The Labute approximate surface area is 118 Å². The molecular weight excluding hydrogens is 290 g/mol. The number of rotatable bonds is 3. The molecule has 1 aromatic heterocycles. The predicted octanol–water partition coefficient (Wildman–Crippen LogP) is 2.63. The van der Waals surface area contributed by atoms with Crippen LogP contribution in [-0.4, -0.2) is 16.9 Å². The van der Waals surface area contributed by atoms with Crippen LogP contribution in [0.2, 0.25) is 0 Å². The van der Waals surface area contributed by atoms with Gasteiger partial charge in [-0.05, 0) is 18.2 Å². The quantitative estimate of drug-likeness (QED) is 0.887. The van der Waals surface area contributed by atoms with E-state index in [1.165, 1.54) is 18.0 Å². The highest BCUT2D eigenvalue weighted by atomic mass is 19.4. The zero-order valence-electron chi connectivity index (χ0n) is 11.3. The third-order valence-corrected chi connectivity index (χ3v) is 3.12. The van der Waals surface area contributed by atoms with Gasteiger partial charge in [0, 0.05) is 12.6 Å². The number of aromatic nitrogens is 2. The standard InChI is InChI=1S/C13H13F4N3O/c1-20-12(10(21-2)6-19-20)11(18)8-5-7(13(15,16)17)3-4-9(8)14/h3-6,11H,18H2,1-2H3. The summed E-state index contributed by atoms with van der Waals surface area (Å²) in [6.45, 7) is 0. The van der Waals surface area contributed by atoms with Gasteiger partial charge in [0.1, 0.15) is 11.5 Å². The van der Waals surface area contributed by atoms with E-state index in [1.807, 2.05) is 0 Å². The molecule has 1 heterocycles.